The highest BCUT2D eigenvalue weighted by molar-refractivity contribution is 7.14. The van der Waals surface area contributed by atoms with Gasteiger partial charge in [0.1, 0.15) is 9.88 Å². The lowest BCUT2D eigenvalue weighted by molar-refractivity contribution is -0.123. The highest BCUT2D eigenvalue weighted by Gasteiger charge is 2.21. The first-order valence-electron chi connectivity index (χ1n) is 6.34. The minimum atomic E-state index is -0.988. The molecule has 6 nitrogen and oxygen atoms in total. The minimum Gasteiger partial charge on any atom is -0.448 e. The monoisotopic (exact) mass is 338 g/mol. The van der Waals surface area contributed by atoms with Crippen molar-refractivity contribution < 1.29 is 19.1 Å². The van der Waals surface area contributed by atoms with Gasteiger partial charge < -0.3 is 15.8 Å². The largest absolute Gasteiger partial charge is 0.448 e. The van der Waals surface area contributed by atoms with Gasteiger partial charge in [-0.15, -0.1) is 22.7 Å². The van der Waals surface area contributed by atoms with Crippen LogP contribution in [0.5, 0.6) is 0 Å². The van der Waals surface area contributed by atoms with Crippen LogP contribution in [-0.4, -0.2) is 23.9 Å². The maximum Gasteiger partial charge on any atom is 0.349 e. The van der Waals surface area contributed by atoms with E-state index in [4.69, 9.17) is 10.5 Å². The normalized spacial score (nSPS) is 11.7. The molecule has 2 amide bonds. The lowest BCUT2D eigenvalue weighted by Gasteiger charge is -2.12. The molecule has 2 rings (SSSR count). The smallest absolute Gasteiger partial charge is 0.349 e. The standard InChI is InChI=1S/C14H14N2O4S2/c1-7-3-4-10(22-7)14(19)20-8(2)12(18)16-13-9(11(15)17)5-6-21-13/h3-6,8H,1-2H3,(H2,15,17)(H,16,18)/t8-/m1/s1. The summed E-state index contributed by atoms with van der Waals surface area (Å²) in [5, 5.41) is 4.52. The van der Waals surface area contributed by atoms with E-state index in [1.54, 1.807) is 17.5 Å². The van der Waals surface area contributed by atoms with Crippen LogP contribution in [0.2, 0.25) is 0 Å². The Morgan fingerprint density at radius 3 is 2.59 bits per heavy atom. The fourth-order valence-corrected chi connectivity index (χ4v) is 3.18. The van der Waals surface area contributed by atoms with E-state index in [-0.39, 0.29) is 5.56 Å². The Morgan fingerprint density at radius 2 is 2.00 bits per heavy atom. The topological polar surface area (TPSA) is 98.5 Å². The molecule has 0 radical (unpaired) electrons. The Balaban J connectivity index is 1.99. The summed E-state index contributed by atoms with van der Waals surface area (Å²) in [6.07, 6.45) is -0.988. The second-order valence-corrected chi connectivity index (χ2v) is 6.68. The molecule has 8 heteroatoms. The molecule has 0 fully saturated rings. The number of carbonyl (C=O) groups is 3. The molecule has 0 aliphatic heterocycles. The van der Waals surface area contributed by atoms with Crippen molar-refractivity contribution in [2.75, 3.05) is 5.32 Å². The van der Waals surface area contributed by atoms with Gasteiger partial charge in [0.25, 0.3) is 11.8 Å². The van der Waals surface area contributed by atoms with Gasteiger partial charge in [-0.05, 0) is 37.4 Å². The molecule has 2 aromatic heterocycles. The van der Waals surface area contributed by atoms with E-state index in [0.717, 1.165) is 4.88 Å². The van der Waals surface area contributed by atoms with Gasteiger partial charge in [-0.25, -0.2) is 4.79 Å². The molecule has 0 saturated heterocycles. The van der Waals surface area contributed by atoms with Crippen LogP contribution in [0.25, 0.3) is 0 Å². The van der Waals surface area contributed by atoms with E-state index >= 15 is 0 Å². The van der Waals surface area contributed by atoms with Gasteiger partial charge in [-0.2, -0.15) is 0 Å². The summed E-state index contributed by atoms with van der Waals surface area (Å²) in [6.45, 7) is 3.34. The molecule has 22 heavy (non-hydrogen) atoms. The summed E-state index contributed by atoms with van der Waals surface area (Å²) >= 11 is 2.47. The number of nitrogens with two attached hydrogens (primary N) is 1. The zero-order valence-electron chi connectivity index (χ0n) is 11.9. The summed E-state index contributed by atoms with van der Waals surface area (Å²) in [7, 11) is 0. The van der Waals surface area contributed by atoms with Crippen molar-refractivity contribution in [2.45, 2.75) is 20.0 Å². The number of rotatable bonds is 5. The predicted molar refractivity (Wildman–Crippen MR) is 85.4 cm³/mol. The average Bonchev–Trinajstić information content (AvgIpc) is 3.07. The van der Waals surface area contributed by atoms with Crippen molar-refractivity contribution in [3.63, 3.8) is 0 Å². The van der Waals surface area contributed by atoms with Crippen molar-refractivity contribution in [2.24, 2.45) is 5.73 Å². The van der Waals surface area contributed by atoms with Gasteiger partial charge in [0.05, 0.1) is 5.56 Å². The molecule has 0 spiro atoms. The Kier molecular flexibility index (Phi) is 4.94. The van der Waals surface area contributed by atoms with Crippen LogP contribution in [0.15, 0.2) is 23.6 Å². The number of hydrogen-bond donors (Lipinski definition) is 2. The molecule has 0 aliphatic rings. The lowest BCUT2D eigenvalue weighted by Crippen LogP contribution is -2.30. The molecule has 0 unspecified atom stereocenters. The van der Waals surface area contributed by atoms with Gasteiger partial charge in [0.15, 0.2) is 6.10 Å². The zero-order valence-corrected chi connectivity index (χ0v) is 13.5. The number of carbonyl (C=O) groups excluding carboxylic acids is 3. The summed E-state index contributed by atoms with van der Waals surface area (Å²) in [4.78, 5) is 36.5. The molecule has 116 valence electrons. The first-order chi connectivity index (χ1) is 10.4. The fraction of sp³-hybridized carbons (Fsp3) is 0.214. The van der Waals surface area contributed by atoms with Crippen LogP contribution in [0, 0.1) is 6.92 Å². The Labute approximate surface area is 134 Å². The fourth-order valence-electron chi connectivity index (χ4n) is 1.63. The van der Waals surface area contributed by atoms with E-state index in [1.165, 1.54) is 35.7 Å². The van der Waals surface area contributed by atoms with Crippen LogP contribution in [-0.2, 0) is 9.53 Å². The number of primary amides is 1. The first-order valence-corrected chi connectivity index (χ1v) is 8.03. The van der Waals surface area contributed by atoms with E-state index in [0.29, 0.717) is 9.88 Å². The zero-order chi connectivity index (χ0) is 16.3. The molecule has 0 aromatic carbocycles. The van der Waals surface area contributed by atoms with Crippen LogP contribution in [0.1, 0.15) is 31.8 Å². The molecule has 0 saturated carbocycles. The van der Waals surface area contributed by atoms with Gasteiger partial charge in [0.2, 0.25) is 0 Å². The average molecular weight is 338 g/mol. The number of amides is 2. The minimum absolute atomic E-state index is 0.228. The van der Waals surface area contributed by atoms with E-state index in [2.05, 4.69) is 5.32 Å². The Hall–Kier alpha value is -2.19. The predicted octanol–water partition coefficient (Wildman–Crippen LogP) is 2.40. The molecule has 1 atom stereocenters. The Bertz CT molecular complexity index is 720. The molecule has 0 aliphatic carbocycles. The van der Waals surface area contributed by atoms with Gasteiger partial charge in [0, 0.05) is 4.88 Å². The van der Waals surface area contributed by atoms with E-state index in [1.807, 2.05) is 6.92 Å². The van der Waals surface area contributed by atoms with E-state index in [9.17, 15) is 14.4 Å². The summed E-state index contributed by atoms with van der Waals surface area (Å²) in [5.74, 6) is -1.70. The van der Waals surface area contributed by atoms with Crippen molar-refractivity contribution in [1.29, 1.82) is 0 Å². The van der Waals surface area contributed by atoms with Gasteiger partial charge >= 0.3 is 5.97 Å². The molecular formula is C14H14N2O4S2. The van der Waals surface area contributed by atoms with Crippen LogP contribution in [0.4, 0.5) is 5.00 Å². The Morgan fingerprint density at radius 1 is 1.27 bits per heavy atom. The lowest BCUT2D eigenvalue weighted by atomic mass is 10.3. The molecule has 2 heterocycles. The summed E-state index contributed by atoms with van der Waals surface area (Å²) in [5.41, 5.74) is 5.43. The molecule has 3 N–H and O–H groups in total. The summed E-state index contributed by atoms with van der Waals surface area (Å²) < 4.78 is 5.11. The number of nitrogens with one attached hydrogen (secondary N) is 1. The third-order valence-electron chi connectivity index (χ3n) is 2.76. The second-order valence-electron chi connectivity index (χ2n) is 4.47. The third kappa shape index (κ3) is 3.71. The number of ether oxygens (including phenoxy) is 1. The number of anilines is 1. The van der Waals surface area contributed by atoms with Crippen LogP contribution in [0.3, 0.4) is 0 Å². The van der Waals surface area contributed by atoms with Gasteiger partial charge in [-0.1, -0.05) is 0 Å². The van der Waals surface area contributed by atoms with E-state index < -0.39 is 23.9 Å². The number of esters is 1. The summed E-state index contributed by atoms with van der Waals surface area (Å²) in [6, 6.07) is 4.97. The number of thiophene rings is 2. The van der Waals surface area contributed by atoms with Gasteiger partial charge in [-0.3, -0.25) is 9.59 Å². The highest BCUT2D eigenvalue weighted by atomic mass is 32.1. The van der Waals surface area contributed by atoms with Crippen molar-refractivity contribution in [1.82, 2.24) is 0 Å². The van der Waals surface area contributed by atoms with Crippen LogP contribution < -0.4 is 11.1 Å². The van der Waals surface area contributed by atoms with Crippen molar-refractivity contribution in [3.05, 3.63) is 38.9 Å². The second kappa shape index (κ2) is 6.71. The molecular weight excluding hydrogens is 324 g/mol. The SMILES string of the molecule is Cc1ccc(C(=O)O[C@H](C)C(=O)Nc2sccc2C(N)=O)s1. The first kappa shape index (κ1) is 16.2. The molecule has 0 bridgehead atoms. The molecule has 2 aromatic rings. The number of hydrogen-bond acceptors (Lipinski definition) is 6. The quantitative estimate of drug-likeness (QED) is 0.818. The van der Waals surface area contributed by atoms with Crippen molar-refractivity contribution >= 4 is 45.5 Å². The van der Waals surface area contributed by atoms with Crippen LogP contribution >= 0.6 is 22.7 Å². The maximum atomic E-state index is 12.0. The number of aryl methyl sites for hydroxylation is 1. The van der Waals surface area contributed by atoms with Crippen molar-refractivity contribution in [3.8, 4) is 0 Å². The third-order valence-corrected chi connectivity index (χ3v) is 4.57. The maximum absolute atomic E-state index is 12.0. The highest BCUT2D eigenvalue weighted by Crippen LogP contribution is 2.23.